The molecule has 0 saturated heterocycles. The third kappa shape index (κ3) is 14.9. The minimum Gasteiger partial charge on any atom is -0.508 e. The molecule has 0 aromatic heterocycles. The Hall–Kier alpha value is -4.52. The summed E-state index contributed by atoms with van der Waals surface area (Å²) in [7, 11) is 0. The van der Waals surface area contributed by atoms with E-state index in [-0.39, 0.29) is 17.4 Å². The average molecular weight is 679 g/mol. The Kier molecular flexibility index (Phi) is 17.8. The van der Waals surface area contributed by atoms with Crippen molar-refractivity contribution in [2.45, 2.75) is 118 Å². The minimum atomic E-state index is 0.200. The lowest BCUT2D eigenvalue weighted by molar-refractivity contribution is 0.300. The van der Waals surface area contributed by atoms with Crippen LogP contribution < -0.4 is 4.74 Å². The maximum Gasteiger partial charge on any atom is 0.122 e. The van der Waals surface area contributed by atoms with Gasteiger partial charge in [0.25, 0.3) is 0 Å². The van der Waals surface area contributed by atoms with Gasteiger partial charge in [-0.25, -0.2) is 0 Å². The fourth-order valence-electron chi connectivity index (χ4n) is 5.38. The number of phenolic OH excluding ortho intramolecular Hbond substituents is 2. The van der Waals surface area contributed by atoms with E-state index in [1.54, 1.807) is 36.4 Å². The third-order valence-corrected chi connectivity index (χ3v) is 8.45. The van der Waals surface area contributed by atoms with Gasteiger partial charge in [-0.15, -0.1) is 0 Å². The molecule has 2 N–H and O–H groups in total. The molecule has 50 heavy (non-hydrogen) atoms. The normalized spacial score (nSPS) is 11.4. The first kappa shape index (κ1) is 39.9. The summed E-state index contributed by atoms with van der Waals surface area (Å²) in [6.07, 6.45) is 13.4. The summed E-state index contributed by atoms with van der Waals surface area (Å²) in [6.45, 7) is 13.6. The van der Waals surface area contributed by atoms with Crippen molar-refractivity contribution in [3.63, 3.8) is 0 Å². The van der Waals surface area contributed by atoms with E-state index < -0.39 is 0 Å². The summed E-state index contributed by atoms with van der Waals surface area (Å²) in [5.74, 6) is 2.07. The summed E-state index contributed by atoms with van der Waals surface area (Å²) in [6, 6.07) is 25.9. The topological polar surface area (TPSA) is 99.1 Å². The molecule has 4 rings (SSSR count). The van der Waals surface area contributed by atoms with E-state index in [0.29, 0.717) is 17.3 Å². The molecule has 0 atom stereocenters. The second kappa shape index (κ2) is 22.2. The molecule has 0 heterocycles. The summed E-state index contributed by atoms with van der Waals surface area (Å²) >= 11 is 0. The molecule has 4 aromatic rings. The number of aryl methyl sites for hydroxylation is 1. The molecule has 0 saturated carbocycles. The number of ether oxygens (including phenoxy) is 1. The first-order valence-corrected chi connectivity index (χ1v) is 18.4. The zero-order valence-electron chi connectivity index (χ0n) is 31.1. The molecule has 0 aliphatic carbocycles. The number of hydrogen-bond acceptors (Lipinski definition) is 7. The molecular formula is C43H58N4O3. The van der Waals surface area contributed by atoms with Crippen LogP contribution in [0.4, 0.5) is 22.7 Å². The number of azo groups is 2. The second-order valence-electron chi connectivity index (χ2n) is 13.6. The number of rotatable bonds is 18. The summed E-state index contributed by atoms with van der Waals surface area (Å²) < 4.78 is 6.13. The van der Waals surface area contributed by atoms with Crippen LogP contribution in [0.25, 0.3) is 0 Å². The lowest BCUT2D eigenvalue weighted by atomic mass is 10.0. The molecule has 0 bridgehead atoms. The van der Waals surface area contributed by atoms with Crippen LogP contribution in [-0.2, 0) is 0 Å². The van der Waals surface area contributed by atoms with Crippen LogP contribution >= 0.6 is 0 Å². The average Bonchev–Trinajstić information content (AvgIpc) is 3.11. The predicted molar refractivity (Wildman–Crippen MR) is 208 cm³/mol. The highest BCUT2D eigenvalue weighted by Crippen LogP contribution is 2.32. The van der Waals surface area contributed by atoms with Gasteiger partial charge in [-0.05, 0) is 109 Å². The van der Waals surface area contributed by atoms with E-state index >= 15 is 0 Å². The van der Waals surface area contributed by atoms with Gasteiger partial charge >= 0.3 is 0 Å². The first-order valence-electron chi connectivity index (χ1n) is 18.4. The fraction of sp³-hybridized carbons (Fsp3) is 0.442. The molecule has 0 unspecified atom stereocenters. The Bertz CT molecular complexity index is 1600. The zero-order valence-corrected chi connectivity index (χ0v) is 31.1. The monoisotopic (exact) mass is 678 g/mol. The Morgan fingerprint density at radius 2 is 0.960 bits per heavy atom. The maximum absolute atomic E-state index is 9.72. The van der Waals surface area contributed by atoms with Gasteiger partial charge < -0.3 is 14.9 Å². The van der Waals surface area contributed by atoms with Crippen LogP contribution in [0.1, 0.15) is 127 Å². The molecule has 4 aromatic carbocycles. The summed E-state index contributed by atoms with van der Waals surface area (Å²) in [4.78, 5) is 0. The van der Waals surface area contributed by atoms with Crippen molar-refractivity contribution in [1.82, 2.24) is 0 Å². The van der Waals surface area contributed by atoms with Crippen LogP contribution in [0.3, 0.4) is 0 Å². The van der Waals surface area contributed by atoms with Crippen molar-refractivity contribution >= 4 is 22.7 Å². The SMILES string of the molecule is CC(C)c1cc(N=Nc2ccc(O)cc2)ccc1O.CCCCCCCCCCCCOc1ccc(N=Nc2ccc(C)cc2)cc1C(C)C. The largest absolute Gasteiger partial charge is 0.508 e. The Morgan fingerprint density at radius 3 is 1.50 bits per heavy atom. The lowest BCUT2D eigenvalue weighted by Gasteiger charge is -2.14. The van der Waals surface area contributed by atoms with Gasteiger partial charge in [0.2, 0.25) is 0 Å². The van der Waals surface area contributed by atoms with Gasteiger partial charge in [0.15, 0.2) is 0 Å². The highest BCUT2D eigenvalue weighted by Gasteiger charge is 2.10. The number of phenols is 2. The van der Waals surface area contributed by atoms with Gasteiger partial charge in [0, 0.05) is 0 Å². The number of hydrogen-bond donors (Lipinski definition) is 2. The second-order valence-corrected chi connectivity index (χ2v) is 13.6. The van der Waals surface area contributed by atoms with Gasteiger partial charge in [-0.2, -0.15) is 20.5 Å². The van der Waals surface area contributed by atoms with Gasteiger partial charge in [0.1, 0.15) is 17.2 Å². The number of benzene rings is 4. The quantitative estimate of drug-likeness (QED) is 0.0809. The highest BCUT2D eigenvalue weighted by molar-refractivity contribution is 5.50. The standard InChI is InChI=1S/C28H42N2O.C15H16N2O2/c1-5-6-7-8-9-10-11-12-13-14-21-31-28-20-19-26(22-27(28)23(2)3)30-29-25-17-15-24(4)16-18-25;1-10(2)14-9-12(5-8-15(14)19)17-16-11-3-6-13(18)7-4-11/h15-20,22-23H,5-14,21H2,1-4H3;3-10,18-19H,1-2H3. The van der Waals surface area contributed by atoms with E-state index in [1.807, 2.05) is 38.1 Å². The maximum atomic E-state index is 9.72. The van der Waals surface area contributed by atoms with Crippen LogP contribution in [-0.4, -0.2) is 16.8 Å². The Balaban J connectivity index is 0.000000303. The van der Waals surface area contributed by atoms with E-state index in [2.05, 4.69) is 72.4 Å². The third-order valence-electron chi connectivity index (χ3n) is 8.45. The van der Waals surface area contributed by atoms with Gasteiger partial charge in [-0.3, -0.25) is 0 Å². The molecule has 7 heteroatoms. The lowest BCUT2D eigenvalue weighted by Crippen LogP contribution is -2.01. The van der Waals surface area contributed by atoms with E-state index in [4.69, 9.17) is 9.84 Å². The summed E-state index contributed by atoms with van der Waals surface area (Å²) in [5.41, 5.74) is 6.37. The van der Waals surface area contributed by atoms with E-state index in [1.165, 1.54) is 68.9 Å². The van der Waals surface area contributed by atoms with Crippen molar-refractivity contribution in [2.24, 2.45) is 20.5 Å². The van der Waals surface area contributed by atoms with E-state index in [0.717, 1.165) is 35.7 Å². The van der Waals surface area contributed by atoms with Gasteiger partial charge in [0.05, 0.1) is 29.4 Å². The van der Waals surface area contributed by atoms with Crippen molar-refractivity contribution in [3.8, 4) is 17.2 Å². The fourth-order valence-corrected chi connectivity index (χ4v) is 5.38. The van der Waals surface area contributed by atoms with Crippen LogP contribution in [0.5, 0.6) is 17.2 Å². The van der Waals surface area contributed by atoms with E-state index in [9.17, 15) is 5.11 Å². The molecule has 0 aliphatic rings. The molecule has 0 spiro atoms. The number of unbranched alkanes of at least 4 members (excludes halogenated alkanes) is 9. The molecule has 0 radical (unpaired) electrons. The molecule has 0 aliphatic heterocycles. The summed E-state index contributed by atoms with van der Waals surface area (Å²) in [5, 5.41) is 35.9. The highest BCUT2D eigenvalue weighted by atomic mass is 16.5. The van der Waals surface area contributed by atoms with Crippen LogP contribution in [0.2, 0.25) is 0 Å². The molecule has 7 nitrogen and oxygen atoms in total. The van der Waals surface area contributed by atoms with Gasteiger partial charge in [-0.1, -0.05) is 110 Å². The van der Waals surface area contributed by atoms with Crippen molar-refractivity contribution in [2.75, 3.05) is 6.61 Å². The zero-order chi connectivity index (χ0) is 36.1. The predicted octanol–water partition coefficient (Wildman–Crippen LogP) is 14.5. The molecule has 0 fully saturated rings. The van der Waals surface area contributed by atoms with Crippen LogP contribution in [0, 0.1) is 6.92 Å². The van der Waals surface area contributed by atoms with Crippen molar-refractivity contribution < 1.29 is 14.9 Å². The minimum absolute atomic E-state index is 0.200. The van der Waals surface area contributed by atoms with Crippen LogP contribution in [0.15, 0.2) is 105 Å². The van der Waals surface area contributed by atoms with Crippen molar-refractivity contribution in [3.05, 3.63) is 102 Å². The number of aromatic hydroxyl groups is 2. The van der Waals surface area contributed by atoms with Crippen molar-refractivity contribution in [1.29, 1.82) is 0 Å². The smallest absolute Gasteiger partial charge is 0.122 e. The molecular weight excluding hydrogens is 620 g/mol. The number of nitrogens with zero attached hydrogens (tertiary/aromatic N) is 4. The molecule has 268 valence electrons. The Morgan fingerprint density at radius 1 is 0.520 bits per heavy atom. The molecule has 0 amide bonds. The first-order chi connectivity index (χ1) is 24.2. The Labute approximate surface area is 300 Å².